The SMILES string of the molecule is CNCCOCCOCCOCCNC.NC(=O)CCCCCCCCCCSC(c1ccccc1)c1ccccc1. The first-order valence-electron chi connectivity index (χ1n) is 15.7. The Balaban J connectivity index is 0.000000501. The van der Waals surface area contributed by atoms with E-state index in [0.29, 0.717) is 38.1 Å². The van der Waals surface area contributed by atoms with Crippen LogP contribution in [0.3, 0.4) is 0 Å². The van der Waals surface area contributed by atoms with Gasteiger partial charge in [-0.3, -0.25) is 4.79 Å². The molecule has 0 aliphatic rings. The molecule has 2 rings (SSSR count). The lowest BCUT2D eigenvalue weighted by Gasteiger charge is -2.17. The maximum Gasteiger partial charge on any atom is 0.217 e. The first-order valence-corrected chi connectivity index (χ1v) is 16.8. The number of nitrogens with one attached hydrogen (secondary N) is 2. The van der Waals surface area contributed by atoms with Crippen LogP contribution < -0.4 is 16.4 Å². The number of rotatable bonds is 26. The van der Waals surface area contributed by atoms with E-state index < -0.39 is 0 Å². The maximum absolute atomic E-state index is 10.7. The number of carbonyl (C=O) groups is 1. The molecule has 42 heavy (non-hydrogen) atoms. The van der Waals surface area contributed by atoms with Crippen molar-refractivity contribution in [3.8, 4) is 0 Å². The minimum Gasteiger partial charge on any atom is -0.378 e. The highest BCUT2D eigenvalue weighted by atomic mass is 32.2. The molecule has 0 spiro atoms. The van der Waals surface area contributed by atoms with Gasteiger partial charge in [-0.05, 0) is 43.8 Å². The second-order valence-corrected chi connectivity index (χ2v) is 11.4. The molecule has 238 valence electrons. The number of ether oxygens (including phenoxy) is 3. The van der Waals surface area contributed by atoms with Gasteiger partial charge in [-0.1, -0.05) is 99.2 Å². The standard InChI is InChI=1S/C24H33NOS.C10H24N2O3/c25-23(26)19-13-5-3-1-2-4-6-14-20-27-24(21-15-9-7-10-16-21)22-17-11-8-12-18-22;1-11-3-5-13-7-9-15-10-8-14-6-4-12-2/h7-12,15-18,24H,1-6,13-14,19-20H2,(H2,25,26);11-12H,3-10H2,1-2H3. The second-order valence-electron chi connectivity index (χ2n) is 10.2. The molecule has 0 fully saturated rings. The molecule has 0 heterocycles. The summed E-state index contributed by atoms with van der Waals surface area (Å²) in [7, 11) is 3.81. The van der Waals surface area contributed by atoms with Gasteiger partial charge in [0, 0.05) is 19.5 Å². The summed E-state index contributed by atoms with van der Waals surface area (Å²) >= 11 is 2.06. The average molecular weight is 604 g/mol. The van der Waals surface area contributed by atoms with Gasteiger partial charge in [0.15, 0.2) is 0 Å². The molecule has 0 atom stereocenters. The first-order chi connectivity index (χ1) is 20.7. The van der Waals surface area contributed by atoms with E-state index in [1.807, 2.05) is 14.1 Å². The van der Waals surface area contributed by atoms with Crippen LogP contribution in [0.1, 0.15) is 74.2 Å². The summed E-state index contributed by atoms with van der Waals surface area (Å²) in [6.07, 6.45) is 10.4. The van der Waals surface area contributed by atoms with E-state index in [0.717, 1.165) is 39.1 Å². The van der Waals surface area contributed by atoms with Crippen LogP contribution >= 0.6 is 11.8 Å². The molecule has 0 aromatic heterocycles. The number of primary amides is 1. The van der Waals surface area contributed by atoms with Crippen LogP contribution in [0.15, 0.2) is 60.7 Å². The second kappa shape index (κ2) is 29.1. The highest BCUT2D eigenvalue weighted by Gasteiger charge is 2.13. The number of unbranched alkanes of at least 4 members (excludes halogenated alkanes) is 7. The maximum atomic E-state index is 10.7. The van der Waals surface area contributed by atoms with Crippen molar-refractivity contribution >= 4 is 17.7 Å². The Morgan fingerprint density at radius 1 is 0.643 bits per heavy atom. The molecule has 8 heteroatoms. The van der Waals surface area contributed by atoms with Gasteiger partial charge in [-0.2, -0.15) is 0 Å². The van der Waals surface area contributed by atoms with Crippen LogP contribution in [0.5, 0.6) is 0 Å². The molecular weight excluding hydrogens is 546 g/mol. The molecule has 7 nitrogen and oxygen atoms in total. The van der Waals surface area contributed by atoms with Crippen molar-refractivity contribution in [1.29, 1.82) is 0 Å². The predicted octanol–water partition coefficient (Wildman–Crippen LogP) is 5.98. The third-order valence-electron chi connectivity index (χ3n) is 6.54. The lowest BCUT2D eigenvalue weighted by molar-refractivity contribution is -0.118. The van der Waals surface area contributed by atoms with Gasteiger partial charge < -0.3 is 30.6 Å². The monoisotopic (exact) mass is 603 g/mol. The lowest BCUT2D eigenvalue weighted by atomic mass is 10.0. The zero-order valence-corrected chi connectivity index (χ0v) is 27.0. The van der Waals surface area contributed by atoms with Crippen molar-refractivity contribution in [2.24, 2.45) is 5.73 Å². The Hall–Kier alpha value is -1.94. The van der Waals surface area contributed by atoms with Crippen molar-refractivity contribution in [1.82, 2.24) is 10.6 Å². The summed E-state index contributed by atoms with van der Waals surface area (Å²) in [6.45, 7) is 5.81. The van der Waals surface area contributed by atoms with E-state index in [9.17, 15) is 4.79 Å². The Kier molecular flexibility index (Phi) is 26.4. The van der Waals surface area contributed by atoms with Crippen LogP contribution in [0.2, 0.25) is 0 Å². The summed E-state index contributed by atoms with van der Waals surface area (Å²) < 4.78 is 15.9. The zero-order chi connectivity index (χ0) is 30.4. The Morgan fingerprint density at radius 3 is 1.48 bits per heavy atom. The molecule has 1 amide bonds. The molecule has 0 saturated heterocycles. The van der Waals surface area contributed by atoms with Gasteiger partial charge in [0.2, 0.25) is 5.91 Å². The van der Waals surface area contributed by atoms with E-state index in [1.54, 1.807) is 0 Å². The predicted molar refractivity (Wildman–Crippen MR) is 178 cm³/mol. The largest absolute Gasteiger partial charge is 0.378 e. The Bertz CT molecular complexity index is 794. The van der Waals surface area contributed by atoms with Gasteiger partial charge in [-0.25, -0.2) is 0 Å². The third kappa shape index (κ3) is 22.6. The zero-order valence-electron chi connectivity index (χ0n) is 26.2. The van der Waals surface area contributed by atoms with Crippen molar-refractivity contribution in [3.05, 3.63) is 71.8 Å². The summed E-state index contributed by atoms with van der Waals surface area (Å²) in [5, 5.41) is 6.44. The summed E-state index contributed by atoms with van der Waals surface area (Å²) in [5.41, 5.74) is 7.94. The third-order valence-corrected chi connectivity index (χ3v) is 7.95. The number of nitrogens with two attached hydrogens (primary N) is 1. The van der Waals surface area contributed by atoms with Crippen LogP contribution in [-0.2, 0) is 19.0 Å². The topological polar surface area (TPSA) is 94.8 Å². The van der Waals surface area contributed by atoms with E-state index in [1.165, 1.54) is 55.4 Å². The molecule has 4 N–H and O–H groups in total. The van der Waals surface area contributed by atoms with Gasteiger partial charge in [-0.15, -0.1) is 11.8 Å². The fourth-order valence-electron chi connectivity index (χ4n) is 4.19. The smallest absolute Gasteiger partial charge is 0.217 e. The number of amides is 1. The molecule has 2 aromatic carbocycles. The van der Waals surface area contributed by atoms with Gasteiger partial charge in [0.05, 0.1) is 44.9 Å². The molecule has 0 bridgehead atoms. The quantitative estimate of drug-likeness (QED) is 0.114. The van der Waals surface area contributed by atoms with Crippen LogP contribution in [-0.4, -0.2) is 78.5 Å². The van der Waals surface area contributed by atoms with Crippen molar-refractivity contribution < 1.29 is 19.0 Å². The summed E-state index contributed by atoms with van der Waals surface area (Å²) in [4.78, 5) is 10.7. The summed E-state index contributed by atoms with van der Waals surface area (Å²) in [5.74, 6) is 1.03. The van der Waals surface area contributed by atoms with Crippen molar-refractivity contribution in [3.63, 3.8) is 0 Å². The van der Waals surface area contributed by atoms with Gasteiger partial charge in [0.1, 0.15) is 0 Å². The fraction of sp³-hybridized carbons (Fsp3) is 0.618. The normalized spacial score (nSPS) is 10.9. The molecule has 0 aliphatic carbocycles. The molecule has 2 aromatic rings. The van der Waals surface area contributed by atoms with E-state index >= 15 is 0 Å². The molecule has 0 saturated carbocycles. The molecule has 0 unspecified atom stereocenters. The van der Waals surface area contributed by atoms with Crippen molar-refractivity contribution in [2.75, 3.05) is 72.6 Å². The van der Waals surface area contributed by atoms with E-state index in [2.05, 4.69) is 83.1 Å². The minimum atomic E-state index is -0.170. The van der Waals surface area contributed by atoms with Crippen molar-refractivity contribution in [2.45, 2.75) is 63.0 Å². The Labute approximate surface area is 260 Å². The highest BCUT2D eigenvalue weighted by molar-refractivity contribution is 7.99. The number of likely N-dealkylation sites (N-methyl/N-ethyl adjacent to an activating group) is 2. The number of thioether (sulfide) groups is 1. The number of hydrogen-bond donors (Lipinski definition) is 3. The number of benzene rings is 2. The Morgan fingerprint density at radius 2 is 1.05 bits per heavy atom. The lowest BCUT2D eigenvalue weighted by Crippen LogP contribution is -2.18. The van der Waals surface area contributed by atoms with Crippen LogP contribution in [0.4, 0.5) is 0 Å². The number of hydrogen-bond acceptors (Lipinski definition) is 7. The number of carbonyl (C=O) groups excluding carboxylic acids is 1. The van der Waals surface area contributed by atoms with E-state index in [4.69, 9.17) is 19.9 Å². The van der Waals surface area contributed by atoms with Gasteiger partial charge in [0.25, 0.3) is 0 Å². The van der Waals surface area contributed by atoms with Crippen LogP contribution in [0, 0.1) is 0 Å². The highest BCUT2D eigenvalue weighted by Crippen LogP contribution is 2.36. The molecule has 0 radical (unpaired) electrons. The first kappa shape index (κ1) is 38.1. The summed E-state index contributed by atoms with van der Waals surface area (Å²) in [6, 6.07) is 21.7. The fourth-order valence-corrected chi connectivity index (χ4v) is 5.50. The minimum absolute atomic E-state index is 0.170. The van der Waals surface area contributed by atoms with E-state index in [-0.39, 0.29) is 5.91 Å². The molecular formula is C34H57N3O4S. The molecule has 0 aliphatic heterocycles. The average Bonchev–Trinajstić information content (AvgIpc) is 3.01. The van der Waals surface area contributed by atoms with Crippen LogP contribution in [0.25, 0.3) is 0 Å². The van der Waals surface area contributed by atoms with Gasteiger partial charge >= 0.3 is 0 Å².